The van der Waals surface area contributed by atoms with E-state index in [1.807, 2.05) is 14.0 Å². The molecule has 0 aliphatic heterocycles. The Bertz CT molecular complexity index is 480. The van der Waals surface area contributed by atoms with Gasteiger partial charge in [-0.05, 0) is 51.3 Å². The second-order valence-corrected chi connectivity index (χ2v) is 7.86. The van der Waals surface area contributed by atoms with Gasteiger partial charge in [-0.1, -0.05) is 36.8 Å². The van der Waals surface area contributed by atoms with Crippen LogP contribution in [0.25, 0.3) is 0 Å². The van der Waals surface area contributed by atoms with Gasteiger partial charge in [-0.3, -0.25) is 0 Å². The second-order valence-electron chi connectivity index (χ2n) is 5.55. The Labute approximate surface area is 123 Å². The van der Waals surface area contributed by atoms with Gasteiger partial charge < -0.3 is 5.32 Å². The fraction of sp³-hybridized carbons (Fsp3) is 0.625. The fourth-order valence-electron chi connectivity index (χ4n) is 2.38. The molecule has 4 heteroatoms. The Morgan fingerprint density at radius 3 is 2.35 bits per heavy atom. The zero-order valence-electron chi connectivity index (χ0n) is 12.9. The van der Waals surface area contributed by atoms with Crippen LogP contribution in [-0.4, -0.2) is 33.5 Å². The highest BCUT2D eigenvalue weighted by molar-refractivity contribution is 7.91. The van der Waals surface area contributed by atoms with E-state index in [9.17, 15) is 8.42 Å². The van der Waals surface area contributed by atoms with Crippen LogP contribution in [-0.2, 0) is 16.3 Å². The zero-order valence-corrected chi connectivity index (χ0v) is 13.7. The van der Waals surface area contributed by atoms with Gasteiger partial charge in [0.25, 0.3) is 0 Å². The molecular formula is C16H27NO2S. The molecule has 0 bridgehead atoms. The van der Waals surface area contributed by atoms with E-state index in [1.165, 1.54) is 11.1 Å². The summed E-state index contributed by atoms with van der Waals surface area (Å²) in [5.41, 5.74) is 2.54. The first-order valence-corrected chi connectivity index (χ1v) is 9.19. The molecule has 0 aliphatic carbocycles. The van der Waals surface area contributed by atoms with Crippen LogP contribution in [0.3, 0.4) is 0 Å². The predicted molar refractivity (Wildman–Crippen MR) is 85.9 cm³/mol. The van der Waals surface area contributed by atoms with E-state index >= 15 is 0 Å². The fourth-order valence-corrected chi connectivity index (χ4v) is 3.90. The summed E-state index contributed by atoms with van der Waals surface area (Å²) in [5, 5.41) is 3.17. The van der Waals surface area contributed by atoms with Gasteiger partial charge >= 0.3 is 0 Å². The Kier molecular flexibility index (Phi) is 7.24. The number of sulfone groups is 1. The lowest BCUT2D eigenvalue weighted by Gasteiger charge is -2.17. The standard InChI is InChI=1S/C16H27NO2S/c1-4-10-20(18,19)11-9-16(13-17-3)12-15-7-5-14(2)6-8-15/h5-8,16-17H,4,9-13H2,1-3H3. The lowest BCUT2D eigenvalue weighted by molar-refractivity contribution is 0.477. The van der Waals surface area contributed by atoms with E-state index in [2.05, 4.69) is 36.5 Å². The van der Waals surface area contributed by atoms with E-state index in [0.29, 0.717) is 23.8 Å². The first kappa shape index (κ1) is 17.2. The molecule has 20 heavy (non-hydrogen) atoms. The average Bonchev–Trinajstić information content (AvgIpc) is 2.39. The van der Waals surface area contributed by atoms with E-state index < -0.39 is 9.84 Å². The average molecular weight is 297 g/mol. The van der Waals surface area contributed by atoms with Crippen molar-refractivity contribution in [2.75, 3.05) is 25.1 Å². The third-order valence-corrected chi connectivity index (χ3v) is 5.38. The van der Waals surface area contributed by atoms with Crippen molar-refractivity contribution in [3.8, 4) is 0 Å². The van der Waals surface area contributed by atoms with E-state index in [1.54, 1.807) is 0 Å². The molecule has 0 aliphatic rings. The minimum Gasteiger partial charge on any atom is -0.319 e. The highest BCUT2D eigenvalue weighted by Gasteiger charge is 2.15. The van der Waals surface area contributed by atoms with Crippen molar-refractivity contribution in [1.82, 2.24) is 5.32 Å². The molecule has 0 spiro atoms. The highest BCUT2D eigenvalue weighted by Crippen LogP contribution is 2.14. The minimum absolute atomic E-state index is 0.305. The van der Waals surface area contributed by atoms with E-state index in [0.717, 1.165) is 19.4 Å². The quantitative estimate of drug-likeness (QED) is 0.762. The van der Waals surface area contributed by atoms with Crippen molar-refractivity contribution in [3.63, 3.8) is 0 Å². The van der Waals surface area contributed by atoms with Gasteiger partial charge in [0, 0.05) is 5.75 Å². The van der Waals surface area contributed by atoms with Crippen LogP contribution in [0.4, 0.5) is 0 Å². The van der Waals surface area contributed by atoms with Crippen molar-refractivity contribution in [2.45, 2.75) is 33.1 Å². The van der Waals surface area contributed by atoms with Crippen LogP contribution < -0.4 is 5.32 Å². The molecule has 1 aromatic carbocycles. The topological polar surface area (TPSA) is 46.2 Å². The molecule has 114 valence electrons. The monoisotopic (exact) mass is 297 g/mol. The van der Waals surface area contributed by atoms with Gasteiger partial charge in [0.05, 0.1) is 5.75 Å². The number of hydrogen-bond donors (Lipinski definition) is 1. The maximum atomic E-state index is 11.8. The molecule has 0 amide bonds. The SMILES string of the molecule is CCCS(=O)(=O)CCC(CNC)Cc1ccc(C)cc1. The molecule has 1 unspecified atom stereocenters. The number of rotatable bonds is 9. The molecule has 0 saturated heterocycles. The Hall–Kier alpha value is -0.870. The number of aryl methyl sites for hydroxylation is 1. The summed E-state index contributed by atoms with van der Waals surface area (Å²) in [6, 6.07) is 8.50. The lowest BCUT2D eigenvalue weighted by atomic mass is 9.96. The summed E-state index contributed by atoms with van der Waals surface area (Å²) in [6.45, 7) is 4.84. The molecule has 1 aromatic rings. The molecule has 0 fully saturated rings. The first-order chi connectivity index (χ1) is 9.46. The largest absolute Gasteiger partial charge is 0.319 e. The van der Waals surface area contributed by atoms with E-state index in [4.69, 9.17) is 0 Å². The van der Waals surface area contributed by atoms with Crippen molar-refractivity contribution in [1.29, 1.82) is 0 Å². The Balaban J connectivity index is 2.58. The molecule has 3 nitrogen and oxygen atoms in total. The first-order valence-electron chi connectivity index (χ1n) is 7.37. The van der Waals surface area contributed by atoms with Gasteiger partial charge in [-0.2, -0.15) is 0 Å². The van der Waals surface area contributed by atoms with Crippen molar-refractivity contribution in [2.24, 2.45) is 5.92 Å². The van der Waals surface area contributed by atoms with Crippen LogP contribution in [0.5, 0.6) is 0 Å². The summed E-state index contributed by atoms with van der Waals surface area (Å²) in [4.78, 5) is 0. The van der Waals surface area contributed by atoms with Crippen LogP contribution in [0.2, 0.25) is 0 Å². The maximum absolute atomic E-state index is 11.8. The van der Waals surface area contributed by atoms with Crippen molar-refractivity contribution in [3.05, 3.63) is 35.4 Å². The molecule has 0 aromatic heterocycles. The second kappa shape index (κ2) is 8.42. The smallest absolute Gasteiger partial charge is 0.150 e. The Morgan fingerprint density at radius 1 is 1.15 bits per heavy atom. The van der Waals surface area contributed by atoms with Gasteiger partial charge in [0.15, 0.2) is 0 Å². The summed E-state index contributed by atoms with van der Waals surface area (Å²) in [6.07, 6.45) is 2.37. The summed E-state index contributed by atoms with van der Waals surface area (Å²) in [5.74, 6) is 0.984. The van der Waals surface area contributed by atoms with Crippen LogP contribution in [0, 0.1) is 12.8 Å². The summed E-state index contributed by atoms with van der Waals surface area (Å²) < 4.78 is 23.6. The molecule has 0 saturated carbocycles. The van der Waals surface area contributed by atoms with Crippen LogP contribution >= 0.6 is 0 Å². The molecule has 1 rings (SSSR count). The maximum Gasteiger partial charge on any atom is 0.150 e. The molecule has 0 heterocycles. The minimum atomic E-state index is -2.87. The molecule has 1 atom stereocenters. The number of nitrogens with one attached hydrogen (secondary N) is 1. The third kappa shape index (κ3) is 6.53. The van der Waals surface area contributed by atoms with Crippen LogP contribution in [0.1, 0.15) is 30.9 Å². The molecule has 1 N–H and O–H groups in total. The van der Waals surface area contributed by atoms with Gasteiger partial charge in [-0.15, -0.1) is 0 Å². The number of hydrogen-bond acceptors (Lipinski definition) is 3. The van der Waals surface area contributed by atoms with Gasteiger partial charge in [0.2, 0.25) is 0 Å². The van der Waals surface area contributed by atoms with Crippen molar-refractivity contribution < 1.29 is 8.42 Å². The van der Waals surface area contributed by atoms with Crippen LogP contribution in [0.15, 0.2) is 24.3 Å². The number of benzene rings is 1. The third-order valence-electron chi connectivity index (χ3n) is 3.49. The predicted octanol–water partition coefficient (Wildman–Crippen LogP) is 2.59. The lowest BCUT2D eigenvalue weighted by Crippen LogP contribution is -2.24. The Morgan fingerprint density at radius 2 is 1.80 bits per heavy atom. The summed E-state index contributed by atoms with van der Waals surface area (Å²) in [7, 11) is -0.952. The molecular weight excluding hydrogens is 270 g/mol. The normalized spacial score (nSPS) is 13.3. The molecule has 0 radical (unpaired) electrons. The van der Waals surface area contributed by atoms with Gasteiger partial charge in [-0.25, -0.2) is 8.42 Å². The zero-order chi connectivity index (χ0) is 15.0. The van der Waals surface area contributed by atoms with Crippen molar-refractivity contribution >= 4 is 9.84 Å². The highest BCUT2D eigenvalue weighted by atomic mass is 32.2. The summed E-state index contributed by atoms with van der Waals surface area (Å²) >= 11 is 0. The van der Waals surface area contributed by atoms with E-state index in [-0.39, 0.29) is 0 Å². The van der Waals surface area contributed by atoms with Gasteiger partial charge in [0.1, 0.15) is 9.84 Å².